The minimum Gasteiger partial charge on any atom is -0.378 e. The fourth-order valence-corrected chi connectivity index (χ4v) is 6.18. The monoisotopic (exact) mass is 249 g/mol. The number of nitrogens with one attached hydrogen (secondary N) is 1. The lowest BCUT2D eigenvalue weighted by Gasteiger charge is -2.60. The SMILES string of the molecule is CCC1(C2C3CC4CC(C3)CC2C4)COCCN1. The lowest BCUT2D eigenvalue weighted by atomic mass is 9.48. The summed E-state index contributed by atoms with van der Waals surface area (Å²) in [6, 6.07) is 0. The molecule has 5 rings (SSSR count). The molecule has 1 unspecified atom stereocenters. The van der Waals surface area contributed by atoms with Gasteiger partial charge < -0.3 is 10.1 Å². The molecule has 1 heterocycles. The van der Waals surface area contributed by atoms with Crippen molar-refractivity contribution in [1.82, 2.24) is 5.32 Å². The number of ether oxygens (including phenoxy) is 1. The van der Waals surface area contributed by atoms with Gasteiger partial charge in [-0.2, -0.15) is 0 Å². The molecule has 0 aromatic rings. The molecular formula is C16H27NO. The van der Waals surface area contributed by atoms with Crippen molar-refractivity contribution in [2.24, 2.45) is 29.6 Å². The van der Waals surface area contributed by atoms with Crippen LogP contribution in [-0.2, 0) is 4.74 Å². The van der Waals surface area contributed by atoms with Crippen LogP contribution < -0.4 is 5.32 Å². The second-order valence-corrected chi connectivity index (χ2v) is 7.45. The Balaban J connectivity index is 1.63. The van der Waals surface area contributed by atoms with Gasteiger partial charge in [0.2, 0.25) is 0 Å². The first kappa shape index (κ1) is 11.7. The van der Waals surface area contributed by atoms with Gasteiger partial charge in [0.05, 0.1) is 13.2 Å². The van der Waals surface area contributed by atoms with Crippen LogP contribution in [0, 0.1) is 29.6 Å². The molecule has 2 heteroatoms. The second-order valence-electron chi connectivity index (χ2n) is 7.45. The smallest absolute Gasteiger partial charge is 0.0651 e. The summed E-state index contributed by atoms with van der Waals surface area (Å²) in [5.41, 5.74) is 0.320. The van der Waals surface area contributed by atoms with Gasteiger partial charge in [0.25, 0.3) is 0 Å². The van der Waals surface area contributed by atoms with E-state index in [4.69, 9.17) is 4.74 Å². The van der Waals surface area contributed by atoms with Crippen LogP contribution in [0.1, 0.15) is 45.4 Å². The van der Waals surface area contributed by atoms with Crippen LogP contribution in [-0.4, -0.2) is 25.3 Å². The van der Waals surface area contributed by atoms with Crippen molar-refractivity contribution in [3.05, 3.63) is 0 Å². The Morgan fingerprint density at radius 2 is 1.72 bits per heavy atom. The molecule has 1 atom stereocenters. The van der Waals surface area contributed by atoms with Crippen molar-refractivity contribution >= 4 is 0 Å². The van der Waals surface area contributed by atoms with E-state index >= 15 is 0 Å². The van der Waals surface area contributed by atoms with Crippen molar-refractivity contribution in [1.29, 1.82) is 0 Å². The van der Waals surface area contributed by atoms with Gasteiger partial charge in [0, 0.05) is 12.1 Å². The van der Waals surface area contributed by atoms with Crippen molar-refractivity contribution in [3.63, 3.8) is 0 Å². The molecule has 5 aliphatic rings. The highest BCUT2D eigenvalue weighted by Gasteiger charge is 2.55. The lowest BCUT2D eigenvalue weighted by molar-refractivity contribution is -0.113. The largest absolute Gasteiger partial charge is 0.378 e. The number of hydrogen-bond acceptors (Lipinski definition) is 2. The molecule has 4 aliphatic carbocycles. The Morgan fingerprint density at radius 1 is 1.06 bits per heavy atom. The summed E-state index contributed by atoms with van der Waals surface area (Å²) >= 11 is 0. The second kappa shape index (κ2) is 4.21. The highest BCUT2D eigenvalue weighted by molar-refractivity contribution is 5.08. The molecule has 0 radical (unpaired) electrons. The summed E-state index contributed by atoms with van der Waals surface area (Å²) in [7, 11) is 0. The van der Waals surface area contributed by atoms with Crippen molar-refractivity contribution in [2.75, 3.05) is 19.8 Å². The minimum absolute atomic E-state index is 0.320. The number of hydrogen-bond donors (Lipinski definition) is 1. The molecule has 0 aromatic carbocycles. The van der Waals surface area contributed by atoms with Crippen LogP contribution >= 0.6 is 0 Å². The van der Waals surface area contributed by atoms with Gasteiger partial charge in [0.1, 0.15) is 0 Å². The molecule has 2 nitrogen and oxygen atoms in total. The summed E-state index contributed by atoms with van der Waals surface area (Å²) < 4.78 is 5.87. The van der Waals surface area contributed by atoms with Crippen LogP contribution in [0.15, 0.2) is 0 Å². The van der Waals surface area contributed by atoms with E-state index in [-0.39, 0.29) is 0 Å². The first-order chi connectivity index (χ1) is 8.81. The summed E-state index contributed by atoms with van der Waals surface area (Å²) in [5, 5.41) is 3.89. The molecule has 1 saturated heterocycles. The first-order valence-corrected chi connectivity index (χ1v) is 8.13. The van der Waals surface area contributed by atoms with E-state index in [0.717, 1.165) is 49.3 Å². The van der Waals surface area contributed by atoms with Crippen molar-refractivity contribution in [2.45, 2.75) is 51.0 Å². The maximum Gasteiger partial charge on any atom is 0.0651 e. The van der Waals surface area contributed by atoms with E-state index in [1.165, 1.54) is 32.1 Å². The minimum atomic E-state index is 0.320. The third kappa shape index (κ3) is 1.61. The zero-order chi connectivity index (χ0) is 12.2. The van der Waals surface area contributed by atoms with E-state index in [1.54, 1.807) is 6.42 Å². The molecule has 102 valence electrons. The molecule has 4 saturated carbocycles. The van der Waals surface area contributed by atoms with Gasteiger partial charge in [-0.1, -0.05) is 6.92 Å². The Bertz CT molecular complexity index is 293. The highest BCUT2D eigenvalue weighted by atomic mass is 16.5. The Labute approximate surface area is 111 Å². The predicted octanol–water partition coefficient (Wildman–Crippen LogP) is 2.83. The number of rotatable bonds is 2. The number of morpholine rings is 1. The van der Waals surface area contributed by atoms with Crippen LogP contribution in [0.3, 0.4) is 0 Å². The molecular weight excluding hydrogens is 222 g/mol. The van der Waals surface area contributed by atoms with Crippen LogP contribution in [0.5, 0.6) is 0 Å². The molecule has 0 spiro atoms. The fraction of sp³-hybridized carbons (Fsp3) is 1.00. The molecule has 1 aliphatic heterocycles. The first-order valence-electron chi connectivity index (χ1n) is 8.13. The quantitative estimate of drug-likeness (QED) is 0.812. The summed E-state index contributed by atoms with van der Waals surface area (Å²) in [6.45, 7) is 5.31. The van der Waals surface area contributed by atoms with Gasteiger partial charge in [-0.15, -0.1) is 0 Å². The third-order valence-corrected chi connectivity index (χ3v) is 6.58. The van der Waals surface area contributed by atoms with E-state index in [9.17, 15) is 0 Å². The highest BCUT2D eigenvalue weighted by Crippen LogP contribution is 2.59. The molecule has 4 bridgehead atoms. The van der Waals surface area contributed by atoms with Gasteiger partial charge in [-0.05, 0) is 68.1 Å². The van der Waals surface area contributed by atoms with E-state index < -0.39 is 0 Å². The van der Waals surface area contributed by atoms with Crippen LogP contribution in [0.2, 0.25) is 0 Å². The molecule has 1 N–H and O–H groups in total. The summed E-state index contributed by atoms with van der Waals surface area (Å²) in [6.07, 6.45) is 8.92. The van der Waals surface area contributed by atoms with Gasteiger partial charge >= 0.3 is 0 Å². The Morgan fingerprint density at radius 3 is 2.22 bits per heavy atom. The topological polar surface area (TPSA) is 21.3 Å². The predicted molar refractivity (Wildman–Crippen MR) is 72.4 cm³/mol. The van der Waals surface area contributed by atoms with E-state index in [2.05, 4.69) is 12.2 Å². The summed E-state index contributed by atoms with van der Waals surface area (Å²) in [5.74, 6) is 5.10. The van der Waals surface area contributed by atoms with E-state index in [0.29, 0.717) is 5.54 Å². The Kier molecular flexibility index (Phi) is 2.74. The summed E-state index contributed by atoms with van der Waals surface area (Å²) in [4.78, 5) is 0. The lowest BCUT2D eigenvalue weighted by Crippen LogP contribution is -2.65. The fourth-order valence-electron chi connectivity index (χ4n) is 6.18. The zero-order valence-electron chi connectivity index (χ0n) is 11.7. The van der Waals surface area contributed by atoms with Gasteiger partial charge in [-0.25, -0.2) is 0 Å². The molecule has 18 heavy (non-hydrogen) atoms. The normalized spacial score (nSPS) is 54.8. The average molecular weight is 249 g/mol. The average Bonchev–Trinajstić information content (AvgIpc) is 2.38. The molecule has 5 fully saturated rings. The van der Waals surface area contributed by atoms with Crippen LogP contribution in [0.4, 0.5) is 0 Å². The van der Waals surface area contributed by atoms with E-state index in [1.807, 2.05) is 0 Å². The Hall–Kier alpha value is -0.0800. The van der Waals surface area contributed by atoms with Crippen LogP contribution in [0.25, 0.3) is 0 Å². The zero-order valence-corrected chi connectivity index (χ0v) is 11.7. The molecule has 0 aromatic heterocycles. The van der Waals surface area contributed by atoms with Crippen molar-refractivity contribution in [3.8, 4) is 0 Å². The van der Waals surface area contributed by atoms with Gasteiger partial charge in [0.15, 0.2) is 0 Å². The van der Waals surface area contributed by atoms with Crippen molar-refractivity contribution < 1.29 is 4.74 Å². The molecule has 0 amide bonds. The maximum atomic E-state index is 5.87. The van der Waals surface area contributed by atoms with Gasteiger partial charge in [-0.3, -0.25) is 0 Å². The maximum absolute atomic E-state index is 5.87. The third-order valence-electron chi connectivity index (χ3n) is 6.58. The standard InChI is InChI=1S/C16H27NO/c1-2-16(10-18-4-3-17-16)15-13-6-11-5-12(8-13)9-14(15)7-11/h11-15,17H,2-10H2,1H3.